The van der Waals surface area contributed by atoms with Gasteiger partial charge in [-0.05, 0) is 25.5 Å². The second-order valence-corrected chi connectivity index (χ2v) is 3.80. The molecule has 0 unspecified atom stereocenters. The van der Waals surface area contributed by atoms with Crippen LogP contribution in [0, 0.1) is 6.92 Å². The van der Waals surface area contributed by atoms with E-state index in [0.717, 1.165) is 18.7 Å². The molecular formula is C12H16N4. The second kappa shape index (κ2) is 4.90. The van der Waals surface area contributed by atoms with Crippen LogP contribution in [-0.4, -0.2) is 21.5 Å². The molecular weight excluding hydrogens is 200 g/mol. The summed E-state index contributed by atoms with van der Waals surface area (Å²) in [6, 6.07) is 8.25. The van der Waals surface area contributed by atoms with Crippen molar-refractivity contribution in [2.24, 2.45) is 5.73 Å². The molecule has 0 aliphatic rings. The molecule has 0 aliphatic heterocycles. The van der Waals surface area contributed by atoms with E-state index in [1.807, 2.05) is 16.8 Å². The topological polar surface area (TPSA) is 56.7 Å². The van der Waals surface area contributed by atoms with Crippen LogP contribution in [0.4, 0.5) is 0 Å². The van der Waals surface area contributed by atoms with Gasteiger partial charge in [0, 0.05) is 12.1 Å². The van der Waals surface area contributed by atoms with Crippen LogP contribution < -0.4 is 5.73 Å². The van der Waals surface area contributed by atoms with E-state index < -0.39 is 0 Å². The highest BCUT2D eigenvalue weighted by Crippen LogP contribution is 2.21. The van der Waals surface area contributed by atoms with Crippen molar-refractivity contribution >= 4 is 0 Å². The van der Waals surface area contributed by atoms with Gasteiger partial charge >= 0.3 is 0 Å². The molecule has 1 heterocycles. The largest absolute Gasteiger partial charge is 0.330 e. The zero-order chi connectivity index (χ0) is 11.4. The quantitative estimate of drug-likeness (QED) is 0.844. The number of aryl methyl sites for hydroxylation is 2. The molecule has 84 valence electrons. The summed E-state index contributed by atoms with van der Waals surface area (Å²) in [5, 5.41) is 8.05. The maximum atomic E-state index is 5.50. The molecule has 4 heteroatoms. The molecule has 2 N–H and O–H groups in total. The first kappa shape index (κ1) is 10.8. The van der Waals surface area contributed by atoms with E-state index in [1.54, 1.807) is 6.20 Å². The van der Waals surface area contributed by atoms with Crippen molar-refractivity contribution in [3.05, 3.63) is 36.0 Å². The molecule has 0 saturated heterocycles. The number of rotatable bonds is 4. The molecule has 0 spiro atoms. The van der Waals surface area contributed by atoms with Crippen LogP contribution in [-0.2, 0) is 6.54 Å². The lowest BCUT2D eigenvalue weighted by Crippen LogP contribution is -2.08. The molecule has 1 aromatic heterocycles. The zero-order valence-corrected chi connectivity index (χ0v) is 9.43. The van der Waals surface area contributed by atoms with Gasteiger partial charge in [-0.25, -0.2) is 4.68 Å². The Labute approximate surface area is 95.1 Å². The maximum absolute atomic E-state index is 5.50. The Hall–Kier alpha value is -1.68. The molecule has 2 rings (SSSR count). The number of hydrogen-bond donors (Lipinski definition) is 1. The highest BCUT2D eigenvalue weighted by atomic mass is 15.4. The molecule has 0 bridgehead atoms. The Bertz CT molecular complexity index is 462. The van der Waals surface area contributed by atoms with Crippen LogP contribution in [0.1, 0.15) is 12.0 Å². The summed E-state index contributed by atoms with van der Waals surface area (Å²) in [4.78, 5) is 0. The van der Waals surface area contributed by atoms with Crippen molar-refractivity contribution in [3.63, 3.8) is 0 Å². The van der Waals surface area contributed by atoms with Crippen molar-refractivity contribution < 1.29 is 0 Å². The molecule has 2 aromatic rings. The summed E-state index contributed by atoms with van der Waals surface area (Å²) < 4.78 is 1.91. The number of nitrogens with zero attached hydrogens (tertiary/aromatic N) is 3. The number of nitrogens with two attached hydrogens (primary N) is 1. The first-order valence-corrected chi connectivity index (χ1v) is 5.47. The summed E-state index contributed by atoms with van der Waals surface area (Å²) in [6.45, 7) is 3.59. The Morgan fingerprint density at radius 3 is 2.88 bits per heavy atom. The highest BCUT2D eigenvalue weighted by Gasteiger charge is 2.07. The Morgan fingerprint density at radius 1 is 1.31 bits per heavy atom. The van der Waals surface area contributed by atoms with E-state index in [1.165, 1.54) is 11.1 Å². The second-order valence-electron chi connectivity index (χ2n) is 3.80. The molecule has 16 heavy (non-hydrogen) atoms. The lowest BCUT2D eigenvalue weighted by Gasteiger charge is -2.07. The van der Waals surface area contributed by atoms with Crippen molar-refractivity contribution in [1.82, 2.24) is 15.0 Å². The first-order valence-electron chi connectivity index (χ1n) is 5.47. The number of hydrogen-bond acceptors (Lipinski definition) is 3. The van der Waals surface area contributed by atoms with E-state index in [-0.39, 0.29) is 0 Å². The van der Waals surface area contributed by atoms with Crippen LogP contribution in [0.25, 0.3) is 11.3 Å². The van der Waals surface area contributed by atoms with Gasteiger partial charge in [0.2, 0.25) is 0 Å². The lowest BCUT2D eigenvalue weighted by molar-refractivity contribution is 0.569. The monoisotopic (exact) mass is 216 g/mol. The molecule has 0 amide bonds. The normalized spacial score (nSPS) is 10.6. The van der Waals surface area contributed by atoms with Crippen LogP contribution >= 0.6 is 0 Å². The van der Waals surface area contributed by atoms with E-state index in [2.05, 4.69) is 29.4 Å². The van der Waals surface area contributed by atoms with Gasteiger partial charge < -0.3 is 5.73 Å². The van der Waals surface area contributed by atoms with Gasteiger partial charge in [-0.2, -0.15) is 0 Å². The average molecular weight is 216 g/mol. The van der Waals surface area contributed by atoms with E-state index >= 15 is 0 Å². The van der Waals surface area contributed by atoms with Crippen molar-refractivity contribution in [2.75, 3.05) is 6.54 Å². The van der Waals surface area contributed by atoms with Crippen molar-refractivity contribution in [2.45, 2.75) is 19.9 Å². The van der Waals surface area contributed by atoms with E-state index in [4.69, 9.17) is 5.73 Å². The van der Waals surface area contributed by atoms with Gasteiger partial charge in [0.05, 0.1) is 11.9 Å². The molecule has 0 fully saturated rings. The molecule has 0 atom stereocenters. The third-order valence-corrected chi connectivity index (χ3v) is 2.61. The summed E-state index contributed by atoms with van der Waals surface area (Å²) in [5.41, 5.74) is 8.98. The molecule has 0 aliphatic carbocycles. The predicted molar refractivity (Wildman–Crippen MR) is 63.9 cm³/mol. The highest BCUT2D eigenvalue weighted by molar-refractivity contribution is 5.62. The van der Waals surface area contributed by atoms with Gasteiger partial charge in [0.25, 0.3) is 0 Å². The van der Waals surface area contributed by atoms with Gasteiger partial charge in [0.15, 0.2) is 0 Å². The molecule has 0 radical (unpaired) electrons. The maximum Gasteiger partial charge on any atom is 0.0888 e. The van der Waals surface area contributed by atoms with Crippen molar-refractivity contribution in [1.29, 1.82) is 0 Å². The van der Waals surface area contributed by atoms with Crippen LogP contribution in [0.15, 0.2) is 30.5 Å². The predicted octanol–water partition coefficient (Wildman–Crippen LogP) is 1.60. The summed E-state index contributed by atoms with van der Waals surface area (Å²) >= 11 is 0. The fraction of sp³-hybridized carbons (Fsp3) is 0.333. The molecule has 4 nitrogen and oxygen atoms in total. The third-order valence-electron chi connectivity index (χ3n) is 2.61. The smallest absolute Gasteiger partial charge is 0.0888 e. The van der Waals surface area contributed by atoms with Gasteiger partial charge in [-0.1, -0.05) is 29.5 Å². The molecule has 0 saturated carbocycles. The van der Waals surface area contributed by atoms with Crippen LogP contribution in [0.2, 0.25) is 0 Å². The Kier molecular flexibility index (Phi) is 3.31. The average Bonchev–Trinajstić information content (AvgIpc) is 2.75. The Morgan fingerprint density at radius 2 is 2.12 bits per heavy atom. The van der Waals surface area contributed by atoms with Gasteiger partial charge in [-0.3, -0.25) is 0 Å². The molecule has 1 aromatic carbocycles. The fourth-order valence-electron chi connectivity index (χ4n) is 1.73. The van der Waals surface area contributed by atoms with Gasteiger partial charge in [-0.15, -0.1) is 5.10 Å². The summed E-state index contributed by atoms with van der Waals surface area (Å²) in [7, 11) is 0. The minimum Gasteiger partial charge on any atom is -0.330 e. The number of benzene rings is 1. The SMILES string of the molecule is Cc1ccccc1-c1cnnn1CCCN. The van der Waals surface area contributed by atoms with Crippen LogP contribution in [0.5, 0.6) is 0 Å². The first-order chi connectivity index (χ1) is 7.83. The van der Waals surface area contributed by atoms with Crippen LogP contribution in [0.3, 0.4) is 0 Å². The third kappa shape index (κ3) is 2.12. The summed E-state index contributed by atoms with van der Waals surface area (Å²) in [5.74, 6) is 0. The number of aromatic nitrogens is 3. The van der Waals surface area contributed by atoms with E-state index in [0.29, 0.717) is 6.54 Å². The standard InChI is InChI=1S/C12H16N4/c1-10-5-2-3-6-11(10)12-9-14-15-16(12)8-4-7-13/h2-3,5-6,9H,4,7-8,13H2,1H3. The van der Waals surface area contributed by atoms with Gasteiger partial charge in [0.1, 0.15) is 0 Å². The van der Waals surface area contributed by atoms with Crippen molar-refractivity contribution in [3.8, 4) is 11.3 Å². The Balaban J connectivity index is 2.33. The zero-order valence-electron chi connectivity index (χ0n) is 9.43. The minimum absolute atomic E-state index is 0.674. The van der Waals surface area contributed by atoms with E-state index in [9.17, 15) is 0 Å². The minimum atomic E-state index is 0.674. The fourth-order valence-corrected chi connectivity index (χ4v) is 1.73. The summed E-state index contributed by atoms with van der Waals surface area (Å²) in [6.07, 6.45) is 2.72. The lowest BCUT2D eigenvalue weighted by atomic mass is 10.1.